The van der Waals surface area contributed by atoms with Crippen LogP contribution in [0.25, 0.3) is 0 Å². The lowest BCUT2D eigenvalue weighted by atomic mass is 9.86. The summed E-state index contributed by atoms with van der Waals surface area (Å²) >= 11 is 3.34. The summed E-state index contributed by atoms with van der Waals surface area (Å²) in [5.41, 5.74) is 0. The van der Waals surface area contributed by atoms with Gasteiger partial charge in [0.15, 0.2) is 0 Å². The lowest BCUT2D eigenvalue weighted by Gasteiger charge is -2.26. The number of rotatable bonds is 7. The van der Waals surface area contributed by atoms with Gasteiger partial charge < -0.3 is 10.4 Å². The third kappa shape index (κ3) is 6.02. The lowest BCUT2D eigenvalue weighted by Crippen LogP contribution is -2.38. The van der Waals surface area contributed by atoms with Crippen molar-refractivity contribution in [3.05, 3.63) is 28.7 Å². The molecule has 7 heteroatoms. The molecule has 1 fully saturated rings. The van der Waals surface area contributed by atoms with Crippen LogP contribution in [0.2, 0.25) is 0 Å². The fourth-order valence-electron chi connectivity index (χ4n) is 2.85. The minimum atomic E-state index is -1.09. The van der Waals surface area contributed by atoms with Crippen LogP contribution >= 0.6 is 15.9 Å². The van der Waals surface area contributed by atoms with Crippen molar-refractivity contribution in [1.29, 1.82) is 0 Å². The van der Waals surface area contributed by atoms with E-state index in [4.69, 9.17) is 5.11 Å². The lowest BCUT2D eigenvalue weighted by molar-refractivity contribution is -0.142. The molecule has 0 aliphatic heterocycles. The molecule has 0 saturated heterocycles. The van der Waals surface area contributed by atoms with Crippen molar-refractivity contribution in [2.75, 3.05) is 5.75 Å². The second kappa shape index (κ2) is 9.32. The molecule has 1 aromatic carbocycles. The summed E-state index contributed by atoms with van der Waals surface area (Å²) in [6.45, 7) is 0. The molecule has 1 atom stereocenters. The smallest absolute Gasteiger partial charge is 0.306 e. The standard InChI is InChI=1S/C17H22BrNO4S/c18-13-5-9-15(10-6-13)24(23)11-1-2-16(20)19-14-7-3-12(4-8-14)17(21)22/h5-6,9-10,12,14H,1-4,7-8,11H2,(H,19,20)(H,21,22)/t12?,14?,24-/m0/s1. The fourth-order valence-corrected chi connectivity index (χ4v) is 4.20. The van der Waals surface area contributed by atoms with E-state index in [1.807, 2.05) is 24.3 Å². The van der Waals surface area contributed by atoms with Gasteiger partial charge in [-0.1, -0.05) is 15.9 Å². The van der Waals surface area contributed by atoms with E-state index in [1.54, 1.807) is 0 Å². The monoisotopic (exact) mass is 415 g/mol. The van der Waals surface area contributed by atoms with Crippen molar-refractivity contribution in [2.24, 2.45) is 5.92 Å². The maximum Gasteiger partial charge on any atom is 0.306 e. The van der Waals surface area contributed by atoms with Crippen molar-refractivity contribution >= 4 is 38.6 Å². The van der Waals surface area contributed by atoms with Crippen molar-refractivity contribution < 1.29 is 18.9 Å². The number of carbonyl (C=O) groups is 2. The van der Waals surface area contributed by atoms with Gasteiger partial charge in [0.1, 0.15) is 0 Å². The first-order valence-corrected chi connectivity index (χ1v) is 10.2. The molecule has 0 spiro atoms. The molecule has 5 nitrogen and oxygen atoms in total. The first-order valence-electron chi connectivity index (χ1n) is 8.12. The summed E-state index contributed by atoms with van der Waals surface area (Å²) in [6, 6.07) is 7.42. The average Bonchev–Trinajstić information content (AvgIpc) is 2.55. The van der Waals surface area contributed by atoms with E-state index < -0.39 is 16.8 Å². The minimum Gasteiger partial charge on any atom is -0.481 e. The molecular weight excluding hydrogens is 394 g/mol. The predicted octanol–water partition coefficient (Wildman–Crippen LogP) is 3.10. The molecule has 0 unspecified atom stereocenters. The topological polar surface area (TPSA) is 83.5 Å². The number of hydrogen-bond donors (Lipinski definition) is 2. The van der Waals surface area contributed by atoms with Crippen LogP contribution in [0.15, 0.2) is 33.6 Å². The largest absolute Gasteiger partial charge is 0.481 e. The van der Waals surface area contributed by atoms with Gasteiger partial charge in [0.25, 0.3) is 0 Å². The molecule has 1 aliphatic rings. The summed E-state index contributed by atoms with van der Waals surface area (Å²) in [5.74, 6) is -0.593. The third-order valence-corrected chi connectivity index (χ3v) is 6.24. The van der Waals surface area contributed by atoms with E-state index in [1.165, 1.54) is 0 Å². The number of benzene rings is 1. The molecule has 2 rings (SSSR count). The Kier molecular flexibility index (Phi) is 7.42. The third-order valence-electron chi connectivity index (χ3n) is 4.25. The number of carboxylic acid groups (broad SMARTS) is 1. The highest BCUT2D eigenvalue weighted by molar-refractivity contribution is 9.10. The summed E-state index contributed by atoms with van der Waals surface area (Å²) in [4.78, 5) is 23.6. The van der Waals surface area contributed by atoms with Gasteiger partial charge in [-0.15, -0.1) is 0 Å². The van der Waals surface area contributed by atoms with E-state index in [2.05, 4.69) is 21.2 Å². The summed E-state index contributed by atoms with van der Waals surface area (Å²) < 4.78 is 13.1. The second-order valence-corrected chi connectivity index (χ2v) is 8.55. The number of nitrogens with one attached hydrogen (secondary N) is 1. The van der Waals surface area contributed by atoms with Crippen LogP contribution in [-0.2, 0) is 20.4 Å². The summed E-state index contributed by atoms with van der Waals surface area (Å²) in [7, 11) is -1.09. The zero-order valence-corrected chi connectivity index (χ0v) is 15.8. The van der Waals surface area contributed by atoms with E-state index in [-0.39, 0.29) is 17.9 Å². The molecule has 24 heavy (non-hydrogen) atoms. The molecule has 1 saturated carbocycles. The van der Waals surface area contributed by atoms with Crippen LogP contribution in [0.4, 0.5) is 0 Å². The Morgan fingerprint density at radius 3 is 2.38 bits per heavy atom. The number of halogens is 1. The first-order chi connectivity index (χ1) is 11.5. The summed E-state index contributed by atoms with van der Waals surface area (Å²) in [5, 5.41) is 11.9. The predicted molar refractivity (Wildman–Crippen MR) is 96.2 cm³/mol. The highest BCUT2D eigenvalue weighted by Crippen LogP contribution is 2.24. The van der Waals surface area contributed by atoms with Gasteiger partial charge in [0.05, 0.1) is 16.7 Å². The van der Waals surface area contributed by atoms with Gasteiger partial charge in [-0.3, -0.25) is 13.8 Å². The van der Waals surface area contributed by atoms with Gasteiger partial charge >= 0.3 is 5.97 Å². The van der Waals surface area contributed by atoms with Crippen LogP contribution in [0, 0.1) is 5.92 Å². The Morgan fingerprint density at radius 1 is 1.17 bits per heavy atom. The molecule has 2 N–H and O–H groups in total. The van der Waals surface area contributed by atoms with Crippen LogP contribution in [0.5, 0.6) is 0 Å². The highest BCUT2D eigenvalue weighted by atomic mass is 79.9. The van der Waals surface area contributed by atoms with Crippen molar-refractivity contribution in [3.8, 4) is 0 Å². The number of carboxylic acids is 1. The molecule has 1 amide bonds. The minimum absolute atomic E-state index is 0.0402. The molecule has 0 radical (unpaired) electrons. The van der Waals surface area contributed by atoms with Gasteiger partial charge in [0.2, 0.25) is 5.91 Å². The highest BCUT2D eigenvalue weighted by Gasteiger charge is 2.26. The maximum absolute atomic E-state index is 12.1. The molecule has 0 heterocycles. The number of hydrogen-bond acceptors (Lipinski definition) is 3. The van der Waals surface area contributed by atoms with Crippen LogP contribution in [0.1, 0.15) is 38.5 Å². The number of aliphatic carboxylic acids is 1. The molecule has 0 aromatic heterocycles. The van der Waals surface area contributed by atoms with Gasteiger partial charge in [-0.2, -0.15) is 0 Å². The Hall–Kier alpha value is -1.21. The van der Waals surface area contributed by atoms with Crippen molar-refractivity contribution in [3.63, 3.8) is 0 Å². The quantitative estimate of drug-likeness (QED) is 0.716. The normalized spacial score (nSPS) is 21.9. The number of amides is 1. The van der Waals surface area contributed by atoms with Crippen molar-refractivity contribution in [2.45, 2.75) is 49.5 Å². The zero-order valence-electron chi connectivity index (χ0n) is 13.4. The van der Waals surface area contributed by atoms with Crippen LogP contribution in [0.3, 0.4) is 0 Å². The fraction of sp³-hybridized carbons (Fsp3) is 0.529. The Bertz CT molecular complexity index is 597. The van der Waals surface area contributed by atoms with E-state index in [0.29, 0.717) is 44.3 Å². The van der Waals surface area contributed by atoms with Crippen molar-refractivity contribution in [1.82, 2.24) is 5.32 Å². The molecule has 0 bridgehead atoms. The van der Waals surface area contributed by atoms with E-state index >= 15 is 0 Å². The Balaban J connectivity index is 1.66. The Morgan fingerprint density at radius 2 is 1.79 bits per heavy atom. The average molecular weight is 416 g/mol. The van der Waals surface area contributed by atoms with Gasteiger partial charge in [-0.25, -0.2) is 0 Å². The molecule has 1 aliphatic carbocycles. The Labute approximate surface area is 152 Å². The van der Waals surface area contributed by atoms with Gasteiger partial charge in [0, 0.05) is 27.6 Å². The maximum atomic E-state index is 12.1. The van der Waals surface area contributed by atoms with E-state index in [9.17, 15) is 13.8 Å². The number of carbonyl (C=O) groups excluding carboxylic acids is 1. The molecular formula is C17H22BrNO4S. The van der Waals surface area contributed by atoms with E-state index in [0.717, 1.165) is 9.37 Å². The SMILES string of the molecule is O=C(CCC[S@](=O)c1ccc(Br)cc1)NC1CCC(C(=O)O)CC1. The summed E-state index contributed by atoms with van der Waals surface area (Å²) in [6.07, 6.45) is 3.59. The zero-order chi connectivity index (χ0) is 17.5. The first kappa shape index (κ1) is 19.1. The molecule has 1 aromatic rings. The van der Waals surface area contributed by atoms with Gasteiger partial charge in [-0.05, 0) is 56.4 Å². The van der Waals surface area contributed by atoms with Crippen LogP contribution in [-0.4, -0.2) is 33.0 Å². The second-order valence-electron chi connectivity index (χ2n) is 6.06. The van der Waals surface area contributed by atoms with Crippen LogP contribution < -0.4 is 5.32 Å². The molecule has 132 valence electrons.